The van der Waals surface area contributed by atoms with E-state index in [9.17, 15) is 19.5 Å². The number of nitrogens with one attached hydrogen (secondary N) is 1. The van der Waals surface area contributed by atoms with Crippen molar-refractivity contribution < 1.29 is 9.90 Å². The number of carbonyl (C=O) groups is 1. The second-order valence-corrected chi connectivity index (χ2v) is 6.97. The van der Waals surface area contributed by atoms with Gasteiger partial charge in [-0.15, -0.1) is 0 Å². The maximum Gasteiger partial charge on any atom is 0.330 e. The van der Waals surface area contributed by atoms with Gasteiger partial charge in [0, 0.05) is 20.4 Å². The molecule has 1 atom stereocenters. The lowest BCUT2D eigenvalue weighted by molar-refractivity contribution is -0.130. The molecule has 0 bridgehead atoms. The first kappa shape index (κ1) is 18.6. The third kappa shape index (κ3) is 3.30. The minimum Gasteiger partial charge on any atom is -0.494 e. The van der Waals surface area contributed by atoms with Gasteiger partial charge in [-0.05, 0) is 17.0 Å². The van der Waals surface area contributed by atoms with Crippen LogP contribution in [0, 0.1) is 0 Å². The first-order valence-electron chi connectivity index (χ1n) is 8.70. The summed E-state index contributed by atoms with van der Waals surface area (Å²) in [6, 6.07) is 7.52. The smallest absolute Gasteiger partial charge is 0.330 e. The maximum absolute atomic E-state index is 12.2. The number of benzene rings is 1. The van der Waals surface area contributed by atoms with Crippen LogP contribution in [-0.4, -0.2) is 31.3 Å². The molecule has 1 aromatic carbocycles. The van der Waals surface area contributed by atoms with Crippen LogP contribution in [0.4, 0.5) is 0 Å². The third-order valence-corrected chi connectivity index (χ3v) is 4.80. The molecule has 0 fully saturated rings. The molecule has 8 heteroatoms. The van der Waals surface area contributed by atoms with Crippen LogP contribution < -0.4 is 11.2 Å². The Balaban J connectivity index is 2.03. The van der Waals surface area contributed by atoms with E-state index in [2.05, 4.69) is 23.9 Å². The lowest BCUT2D eigenvalue weighted by Gasteiger charge is -2.21. The molecular weight excluding hydrogens is 348 g/mol. The molecule has 0 radical (unpaired) electrons. The average Bonchev–Trinajstić information content (AvgIpc) is 3.05. The predicted octanol–water partition coefficient (Wildman–Crippen LogP) is 1.60. The number of hydrogen-bond acceptors (Lipinski definition) is 5. The monoisotopic (exact) mass is 370 g/mol. The predicted molar refractivity (Wildman–Crippen MR) is 101 cm³/mol. The maximum atomic E-state index is 12.2. The molecule has 1 aliphatic heterocycles. The van der Waals surface area contributed by atoms with Crippen molar-refractivity contribution in [3.05, 3.63) is 61.8 Å². The zero-order valence-corrected chi connectivity index (χ0v) is 15.7. The number of aromatic amines is 1. The minimum absolute atomic E-state index is 0.0929. The minimum atomic E-state index is -0.728. The molecule has 2 aromatic rings. The van der Waals surface area contributed by atoms with Gasteiger partial charge in [-0.2, -0.15) is 5.10 Å². The van der Waals surface area contributed by atoms with Crippen molar-refractivity contribution >= 4 is 11.6 Å². The van der Waals surface area contributed by atoms with Gasteiger partial charge in [-0.3, -0.25) is 19.1 Å². The van der Waals surface area contributed by atoms with Crippen LogP contribution in [0.5, 0.6) is 5.88 Å². The van der Waals surface area contributed by atoms with Crippen molar-refractivity contribution in [3.8, 4) is 5.88 Å². The number of amides is 1. The van der Waals surface area contributed by atoms with Crippen molar-refractivity contribution in [2.75, 3.05) is 0 Å². The number of carbonyl (C=O) groups excluding carboxylic acids is 1. The van der Waals surface area contributed by atoms with E-state index in [0.29, 0.717) is 5.92 Å². The Morgan fingerprint density at radius 3 is 2.44 bits per heavy atom. The van der Waals surface area contributed by atoms with Crippen LogP contribution in [0.25, 0.3) is 0 Å². The largest absolute Gasteiger partial charge is 0.494 e. The number of nitrogens with zero attached hydrogens (tertiary/aromatic N) is 3. The van der Waals surface area contributed by atoms with Crippen LogP contribution in [0.15, 0.2) is 39.0 Å². The van der Waals surface area contributed by atoms with Gasteiger partial charge in [0.15, 0.2) is 0 Å². The van der Waals surface area contributed by atoms with Gasteiger partial charge in [0.2, 0.25) is 11.8 Å². The fourth-order valence-corrected chi connectivity index (χ4v) is 3.18. The van der Waals surface area contributed by atoms with E-state index < -0.39 is 17.1 Å². The lowest BCUT2D eigenvalue weighted by Crippen LogP contribution is -2.32. The number of hydrogen-bond donors (Lipinski definition) is 2. The molecule has 8 nitrogen and oxygen atoms in total. The highest BCUT2D eigenvalue weighted by Crippen LogP contribution is 2.34. The van der Waals surface area contributed by atoms with E-state index in [1.165, 1.54) is 24.5 Å². The molecule has 2 N–H and O–H groups in total. The highest BCUT2D eigenvalue weighted by molar-refractivity contribution is 6.04. The third-order valence-electron chi connectivity index (χ3n) is 4.80. The summed E-state index contributed by atoms with van der Waals surface area (Å²) in [5.74, 6) is -0.357. The van der Waals surface area contributed by atoms with Crippen molar-refractivity contribution in [1.29, 1.82) is 0 Å². The fraction of sp³-hybridized carbons (Fsp3) is 0.368. The molecule has 1 aliphatic rings. The number of H-pyrrole nitrogens is 1. The highest BCUT2D eigenvalue weighted by atomic mass is 16.3. The van der Waals surface area contributed by atoms with Crippen molar-refractivity contribution in [2.24, 2.45) is 12.1 Å². The van der Waals surface area contributed by atoms with Crippen LogP contribution in [0.2, 0.25) is 0 Å². The number of hydrazone groups is 1. The number of aromatic hydroxyl groups is 1. The molecule has 0 unspecified atom stereocenters. The van der Waals surface area contributed by atoms with Gasteiger partial charge in [-0.1, -0.05) is 38.1 Å². The standard InChI is InChI=1S/C19H22N4O4/c1-10(2)12-5-7-13(8-6-12)15-9-14(21-23(15)11(3)24)16-17(25)20-19(27)22(4)18(16)26/h5-8,10,15,26H,9H2,1-4H3,(H,20,25,27)/t15-/m0/s1. The van der Waals surface area contributed by atoms with Gasteiger partial charge < -0.3 is 5.11 Å². The first-order chi connectivity index (χ1) is 12.7. The van der Waals surface area contributed by atoms with Crippen LogP contribution in [0.3, 0.4) is 0 Å². The summed E-state index contributed by atoms with van der Waals surface area (Å²) in [6.45, 7) is 5.59. The number of aromatic nitrogens is 2. The molecule has 0 aliphatic carbocycles. The summed E-state index contributed by atoms with van der Waals surface area (Å²) in [4.78, 5) is 38.1. The second-order valence-electron chi connectivity index (χ2n) is 6.97. The SMILES string of the molecule is CC(=O)N1N=C(c2c(O)n(C)c(=O)[nH]c2=O)C[C@H]1c1ccc(C(C)C)cc1. The number of rotatable bonds is 3. The van der Waals surface area contributed by atoms with Crippen LogP contribution >= 0.6 is 0 Å². The van der Waals surface area contributed by atoms with Crippen LogP contribution in [-0.2, 0) is 11.8 Å². The van der Waals surface area contributed by atoms with Crippen molar-refractivity contribution in [1.82, 2.24) is 14.6 Å². The van der Waals surface area contributed by atoms with Gasteiger partial charge in [-0.25, -0.2) is 9.80 Å². The summed E-state index contributed by atoms with van der Waals surface area (Å²) in [5.41, 5.74) is 0.786. The Hall–Kier alpha value is -3.16. The summed E-state index contributed by atoms with van der Waals surface area (Å²) in [5, 5.41) is 15.8. The van der Waals surface area contributed by atoms with Crippen LogP contribution in [0.1, 0.15) is 55.8 Å². The van der Waals surface area contributed by atoms with E-state index in [-0.39, 0.29) is 29.6 Å². The van der Waals surface area contributed by atoms with Gasteiger partial charge in [0.1, 0.15) is 5.56 Å². The molecule has 2 heterocycles. The van der Waals surface area contributed by atoms with E-state index in [0.717, 1.165) is 10.1 Å². The molecule has 0 spiro atoms. The Labute approximate surface area is 155 Å². The van der Waals surface area contributed by atoms with E-state index in [1.54, 1.807) is 0 Å². The summed E-state index contributed by atoms with van der Waals surface area (Å²) >= 11 is 0. The summed E-state index contributed by atoms with van der Waals surface area (Å²) < 4.78 is 0.933. The molecule has 0 saturated carbocycles. The molecule has 27 heavy (non-hydrogen) atoms. The fourth-order valence-electron chi connectivity index (χ4n) is 3.18. The second kappa shape index (κ2) is 6.86. The average molecular weight is 370 g/mol. The van der Waals surface area contributed by atoms with E-state index >= 15 is 0 Å². The molecular formula is C19H22N4O4. The van der Waals surface area contributed by atoms with Gasteiger partial charge in [0.05, 0.1) is 11.8 Å². The van der Waals surface area contributed by atoms with Crippen molar-refractivity contribution in [3.63, 3.8) is 0 Å². The Morgan fingerprint density at radius 2 is 1.89 bits per heavy atom. The van der Waals surface area contributed by atoms with Gasteiger partial charge in [0.25, 0.3) is 5.56 Å². The normalized spacial score (nSPS) is 16.7. The Bertz CT molecular complexity index is 1030. The molecule has 142 valence electrons. The lowest BCUT2D eigenvalue weighted by atomic mass is 9.96. The Kier molecular flexibility index (Phi) is 4.73. The molecule has 1 amide bonds. The first-order valence-corrected chi connectivity index (χ1v) is 8.70. The zero-order valence-electron chi connectivity index (χ0n) is 15.7. The molecule has 3 rings (SSSR count). The quantitative estimate of drug-likeness (QED) is 0.855. The molecule has 0 saturated heterocycles. The van der Waals surface area contributed by atoms with Crippen molar-refractivity contribution in [2.45, 2.75) is 39.2 Å². The Morgan fingerprint density at radius 1 is 1.26 bits per heavy atom. The van der Waals surface area contributed by atoms with Gasteiger partial charge >= 0.3 is 5.69 Å². The van der Waals surface area contributed by atoms with E-state index in [1.807, 2.05) is 24.3 Å². The topological polar surface area (TPSA) is 108 Å². The zero-order chi connectivity index (χ0) is 19.9. The molecule has 1 aromatic heterocycles. The summed E-state index contributed by atoms with van der Waals surface area (Å²) in [7, 11) is 1.34. The summed E-state index contributed by atoms with van der Waals surface area (Å²) in [6.07, 6.45) is 0.259. The van der Waals surface area contributed by atoms with E-state index in [4.69, 9.17) is 0 Å². The highest BCUT2D eigenvalue weighted by Gasteiger charge is 2.34.